The van der Waals surface area contributed by atoms with Crippen LogP contribution in [0.15, 0.2) is 17.7 Å². The third kappa shape index (κ3) is 5.22. The summed E-state index contributed by atoms with van der Waals surface area (Å²) in [6.45, 7) is 3.01. The molecular formula is C19H30N4. The van der Waals surface area contributed by atoms with Gasteiger partial charge in [-0.15, -0.1) is 0 Å². The van der Waals surface area contributed by atoms with Crippen molar-refractivity contribution in [2.45, 2.75) is 77.2 Å². The average molecular weight is 314 g/mol. The van der Waals surface area contributed by atoms with E-state index in [0.717, 1.165) is 30.4 Å². The van der Waals surface area contributed by atoms with E-state index in [1.807, 2.05) is 13.0 Å². The third-order valence-electron chi connectivity index (χ3n) is 4.93. The minimum absolute atomic E-state index is 0.547. The van der Waals surface area contributed by atoms with Crippen LogP contribution in [0.2, 0.25) is 0 Å². The van der Waals surface area contributed by atoms with Crippen LogP contribution >= 0.6 is 0 Å². The summed E-state index contributed by atoms with van der Waals surface area (Å²) in [6, 6.07) is 2.59. The van der Waals surface area contributed by atoms with E-state index in [1.165, 1.54) is 57.8 Å². The molecular weight excluding hydrogens is 284 g/mol. The number of rotatable bonds is 6. The Kier molecular flexibility index (Phi) is 5.89. The summed E-state index contributed by atoms with van der Waals surface area (Å²) in [6.07, 6.45) is 15.3. The maximum absolute atomic E-state index is 4.66. The van der Waals surface area contributed by atoms with Crippen LogP contribution in [0.4, 0.5) is 11.8 Å². The average Bonchev–Trinajstić information content (AvgIpc) is 2.56. The number of aryl methyl sites for hydroxylation is 1. The second-order valence-corrected chi connectivity index (χ2v) is 6.98. The third-order valence-corrected chi connectivity index (χ3v) is 4.93. The van der Waals surface area contributed by atoms with Gasteiger partial charge in [-0.1, -0.05) is 30.9 Å². The van der Waals surface area contributed by atoms with Gasteiger partial charge in [0.05, 0.1) is 0 Å². The molecule has 3 rings (SSSR count). The van der Waals surface area contributed by atoms with Crippen molar-refractivity contribution >= 4 is 11.8 Å². The molecule has 0 atom stereocenters. The highest BCUT2D eigenvalue weighted by Crippen LogP contribution is 2.22. The number of hydrogen-bond donors (Lipinski definition) is 2. The summed E-state index contributed by atoms with van der Waals surface area (Å²) in [5.41, 5.74) is 2.63. The summed E-state index contributed by atoms with van der Waals surface area (Å²) >= 11 is 0. The van der Waals surface area contributed by atoms with Gasteiger partial charge in [-0.25, -0.2) is 4.98 Å². The summed E-state index contributed by atoms with van der Waals surface area (Å²) in [5.74, 6) is 1.74. The molecule has 1 aromatic rings. The highest BCUT2D eigenvalue weighted by molar-refractivity contribution is 5.42. The Bertz CT molecular complexity index is 532. The van der Waals surface area contributed by atoms with Gasteiger partial charge in [0.2, 0.25) is 5.95 Å². The normalized spacial score (nSPS) is 19.3. The highest BCUT2D eigenvalue weighted by atomic mass is 15.2. The Hall–Kier alpha value is -1.58. The lowest BCUT2D eigenvalue weighted by Gasteiger charge is -2.23. The van der Waals surface area contributed by atoms with Crippen molar-refractivity contribution in [2.75, 3.05) is 17.2 Å². The molecule has 4 nitrogen and oxygen atoms in total. The van der Waals surface area contributed by atoms with Crippen molar-refractivity contribution in [1.29, 1.82) is 0 Å². The van der Waals surface area contributed by atoms with E-state index in [4.69, 9.17) is 0 Å². The van der Waals surface area contributed by atoms with Crippen molar-refractivity contribution in [1.82, 2.24) is 9.97 Å². The van der Waals surface area contributed by atoms with Crippen LogP contribution in [-0.2, 0) is 0 Å². The van der Waals surface area contributed by atoms with Crippen LogP contribution in [-0.4, -0.2) is 22.6 Å². The van der Waals surface area contributed by atoms with Gasteiger partial charge >= 0.3 is 0 Å². The van der Waals surface area contributed by atoms with E-state index in [0.29, 0.717) is 6.04 Å². The molecule has 0 radical (unpaired) electrons. The topological polar surface area (TPSA) is 49.8 Å². The Labute approximate surface area is 140 Å². The van der Waals surface area contributed by atoms with Crippen LogP contribution in [0, 0.1) is 6.92 Å². The Morgan fingerprint density at radius 1 is 1.09 bits per heavy atom. The smallest absolute Gasteiger partial charge is 0.225 e. The van der Waals surface area contributed by atoms with Crippen molar-refractivity contribution in [3.8, 4) is 0 Å². The van der Waals surface area contributed by atoms with E-state index in [2.05, 4.69) is 26.7 Å². The Balaban J connectivity index is 1.53. The van der Waals surface area contributed by atoms with Gasteiger partial charge in [-0.2, -0.15) is 4.98 Å². The summed E-state index contributed by atoms with van der Waals surface area (Å²) in [4.78, 5) is 9.21. The number of anilines is 2. The highest BCUT2D eigenvalue weighted by Gasteiger charge is 2.14. The maximum atomic E-state index is 4.66. The van der Waals surface area contributed by atoms with Gasteiger partial charge in [0, 0.05) is 24.3 Å². The van der Waals surface area contributed by atoms with Gasteiger partial charge in [0.25, 0.3) is 0 Å². The van der Waals surface area contributed by atoms with Crippen LogP contribution < -0.4 is 10.6 Å². The van der Waals surface area contributed by atoms with Crippen LogP contribution in [0.25, 0.3) is 0 Å². The Morgan fingerprint density at radius 2 is 1.96 bits per heavy atom. The fraction of sp³-hybridized carbons (Fsp3) is 0.684. The molecule has 0 saturated heterocycles. The van der Waals surface area contributed by atoms with E-state index < -0.39 is 0 Å². The molecule has 1 heterocycles. The predicted octanol–water partition coefficient (Wildman–Crippen LogP) is 4.83. The van der Waals surface area contributed by atoms with Gasteiger partial charge in [0.15, 0.2) is 0 Å². The van der Waals surface area contributed by atoms with Crippen molar-refractivity contribution in [3.05, 3.63) is 23.4 Å². The standard InChI is InChI=1S/C19H30N4/c1-15-14-18(20-13-12-16-8-4-2-5-9-16)23-19(21-15)22-17-10-6-3-7-11-17/h8,14,17H,2-7,9-13H2,1H3,(H2,20,21,22,23). The molecule has 0 aliphatic heterocycles. The molecule has 2 aliphatic carbocycles. The summed E-state index contributed by atoms with van der Waals surface area (Å²) in [5, 5.41) is 7.01. The molecule has 0 unspecified atom stereocenters. The molecule has 0 spiro atoms. The van der Waals surface area contributed by atoms with Crippen LogP contribution in [0.5, 0.6) is 0 Å². The molecule has 23 heavy (non-hydrogen) atoms. The first-order chi connectivity index (χ1) is 11.3. The fourth-order valence-electron chi connectivity index (χ4n) is 3.64. The second kappa shape index (κ2) is 8.32. The first-order valence-corrected chi connectivity index (χ1v) is 9.33. The van der Waals surface area contributed by atoms with Gasteiger partial charge in [-0.3, -0.25) is 0 Å². The second-order valence-electron chi connectivity index (χ2n) is 6.98. The van der Waals surface area contributed by atoms with Crippen molar-refractivity contribution < 1.29 is 0 Å². The van der Waals surface area contributed by atoms with E-state index in [9.17, 15) is 0 Å². The number of hydrogen-bond acceptors (Lipinski definition) is 4. The predicted molar refractivity (Wildman–Crippen MR) is 96.9 cm³/mol. The molecule has 0 aromatic carbocycles. The minimum atomic E-state index is 0.547. The molecule has 0 amide bonds. The summed E-state index contributed by atoms with van der Waals surface area (Å²) in [7, 11) is 0. The molecule has 1 saturated carbocycles. The monoisotopic (exact) mass is 314 g/mol. The lowest BCUT2D eigenvalue weighted by Crippen LogP contribution is -2.23. The van der Waals surface area contributed by atoms with E-state index in [1.54, 1.807) is 5.57 Å². The SMILES string of the molecule is Cc1cc(NCCC2=CCCCC2)nc(NC2CCCCC2)n1. The van der Waals surface area contributed by atoms with Gasteiger partial charge < -0.3 is 10.6 Å². The first kappa shape index (κ1) is 16.3. The number of allylic oxidation sites excluding steroid dienone is 1. The largest absolute Gasteiger partial charge is 0.370 e. The number of nitrogens with one attached hydrogen (secondary N) is 2. The molecule has 4 heteroatoms. The lowest BCUT2D eigenvalue weighted by molar-refractivity contribution is 0.461. The quantitative estimate of drug-likeness (QED) is 0.738. The van der Waals surface area contributed by atoms with Crippen LogP contribution in [0.1, 0.15) is 69.9 Å². The minimum Gasteiger partial charge on any atom is -0.370 e. The lowest BCUT2D eigenvalue weighted by atomic mass is 9.96. The number of aromatic nitrogens is 2. The van der Waals surface area contributed by atoms with Crippen LogP contribution in [0.3, 0.4) is 0 Å². The first-order valence-electron chi connectivity index (χ1n) is 9.33. The Morgan fingerprint density at radius 3 is 2.74 bits per heavy atom. The molecule has 2 aliphatic rings. The van der Waals surface area contributed by atoms with Gasteiger partial charge in [-0.05, 0) is 51.9 Å². The maximum Gasteiger partial charge on any atom is 0.225 e. The van der Waals surface area contributed by atoms with Crippen molar-refractivity contribution in [3.63, 3.8) is 0 Å². The zero-order chi connectivity index (χ0) is 15.9. The van der Waals surface area contributed by atoms with Crippen molar-refractivity contribution in [2.24, 2.45) is 0 Å². The fourth-order valence-corrected chi connectivity index (χ4v) is 3.64. The zero-order valence-corrected chi connectivity index (χ0v) is 14.4. The zero-order valence-electron chi connectivity index (χ0n) is 14.4. The molecule has 1 fully saturated rings. The summed E-state index contributed by atoms with van der Waals surface area (Å²) < 4.78 is 0. The molecule has 1 aromatic heterocycles. The van der Waals surface area contributed by atoms with Gasteiger partial charge in [0.1, 0.15) is 5.82 Å². The number of nitrogens with zero attached hydrogens (tertiary/aromatic N) is 2. The molecule has 0 bridgehead atoms. The van der Waals surface area contributed by atoms with E-state index >= 15 is 0 Å². The molecule has 2 N–H and O–H groups in total. The molecule has 126 valence electrons. The van der Waals surface area contributed by atoms with E-state index in [-0.39, 0.29) is 0 Å².